The van der Waals surface area contributed by atoms with Crippen molar-refractivity contribution < 1.29 is 41.8 Å². The van der Waals surface area contributed by atoms with Gasteiger partial charge in [-0.3, -0.25) is 23.9 Å². The third-order valence-electron chi connectivity index (χ3n) is 11.8. The quantitative estimate of drug-likeness (QED) is 0.253. The number of nitrogens with zero attached hydrogens (tertiary/aromatic N) is 2. The number of nitrogens with one attached hydrogen (secondary N) is 1. The zero-order valence-corrected chi connectivity index (χ0v) is 33.4. The van der Waals surface area contributed by atoms with Gasteiger partial charge in [0, 0.05) is 24.3 Å². The van der Waals surface area contributed by atoms with E-state index in [0.717, 1.165) is 23.6 Å². The van der Waals surface area contributed by atoms with E-state index in [1.807, 2.05) is 43.3 Å². The van der Waals surface area contributed by atoms with Gasteiger partial charge in [-0.05, 0) is 95.4 Å². The minimum atomic E-state index is -3.95. The van der Waals surface area contributed by atoms with Crippen molar-refractivity contribution in [1.29, 1.82) is 0 Å². The molecule has 3 heterocycles. The van der Waals surface area contributed by atoms with Crippen LogP contribution in [0.5, 0.6) is 11.8 Å². The first-order valence-electron chi connectivity index (χ1n) is 19.2. The van der Waals surface area contributed by atoms with Crippen LogP contribution < -0.4 is 14.2 Å². The largest absolute Gasteiger partial charge is 0.481 e. The van der Waals surface area contributed by atoms with Crippen LogP contribution in [0.4, 0.5) is 0 Å². The van der Waals surface area contributed by atoms with E-state index in [4.69, 9.17) is 14.2 Å². The van der Waals surface area contributed by atoms with E-state index in [1.54, 1.807) is 33.8 Å². The fraction of sp³-hybridized carbons (Fsp3) is 0.634. The number of allylic oxidation sites excluding steroid dienone is 2. The maximum atomic E-state index is 14.9. The topological polar surface area (TPSA) is 158 Å². The molecule has 4 aliphatic rings. The highest BCUT2D eigenvalue weighted by atomic mass is 32.2. The Hall–Kier alpha value is -4.00. The summed E-state index contributed by atoms with van der Waals surface area (Å²) in [6.45, 7) is 11.1. The molecule has 1 N–H and O–H groups in total. The van der Waals surface area contributed by atoms with Crippen LogP contribution in [-0.2, 0) is 33.9 Å². The lowest BCUT2D eigenvalue weighted by atomic mass is 9.82. The monoisotopic (exact) mass is 765 g/mol. The molecule has 0 spiro atoms. The summed E-state index contributed by atoms with van der Waals surface area (Å²) in [5.74, 6) is -2.34. The molecular weight excluding hydrogens is 711 g/mol. The second-order valence-electron chi connectivity index (χ2n) is 17.4. The van der Waals surface area contributed by atoms with Crippen molar-refractivity contribution in [2.75, 3.05) is 13.7 Å². The molecule has 0 bridgehead atoms. The van der Waals surface area contributed by atoms with E-state index in [1.165, 1.54) is 12.0 Å². The molecule has 294 valence electrons. The molecule has 0 unspecified atom stereocenters. The number of amides is 2. The molecule has 6 rings (SSSR count). The average Bonchev–Trinajstić information content (AvgIpc) is 3.97. The zero-order chi connectivity index (χ0) is 39.2. The van der Waals surface area contributed by atoms with Gasteiger partial charge in [0.1, 0.15) is 11.7 Å². The Labute approximate surface area is 318 Å². The van der Waals surface area contributed by atoms with Crippen molar-refractivity contribution in [2.24, 2.45) is 29.1 Å². The Kier molecular flexibility index (Phi) is 11.0. The molecule has 2 saturated carbocycles. The highest BCUT2D eigenvalue weighted by Crippen LogP contribution is 2.57. The Morgan fingerprint density at radius 1 is 1.09 bits per heavy atom. The predicted molar refractivity (Wildman–Crippen MR) is 203 cm³/mol. The number of hydrogen-bond acceptors (Lipinski definition) is 10. The number of sulfonamides is 1. The number of hydrogen-bond donors (Lipinski definition) is 1. The van der Waals surface area contributed by atoms with Gasteiger partial charge in [0.05, 0.1) is 42.2 Å². The highest BCUT2D eigenvalue weighted by molar-refractivity contribution is 7.91. The summed E-state index contributed by atoms with van der Waals surface area (Å²) in [5.41, 5.74) is -2.01. The highest BCUT2D eigenvalue weighted by Gasteiger charge is 2.62. The molecule has 1 saturated heterocycles. The number of pyridine rings is 1. The van der Waals surface area contributed by atoms with Crippen molar-refractivity contribution in [2.45, 2.75) is 122 Å². The summed E-state index contributed by atoms with van der Waals surface area (Å²) in [5, 5.41) is 1.58. The van der Waals surface area contributed by atoms with Gasteiger partial charge in [-0.1, -0.05) is 44.2 Å². The van der Waals surface area contributed by atoms with Crippen LogP contribution in [0.25, 0.3) is 10.8 Å². The number of ketones is 1. The van der Waals surface area contributed by atoms with Gasteiger partial charge in [-0.15, -0.1) is 0 Å². The molecule has 12 nitrogen and oxygen atoms in total. The van der Waals surface area contributed by atoms with Crippen molar-refractivity contribution in [3.8, 4) is 11.8 Å². The molecule has 2 aromatic rings. The molecule has 7 atom stereocenters. The number of rotatable bonds is 8. The van der Waals surface area contributed by atoms with Crippen LogP contribution in [-0.4, -0.2) is 78.0 Å². The number of esters is 1. The number of benzene rings is 1. The summed E-state index contributed by atoms with van der Waals surface area (Å²) in [6, 6.07) is 8.37. The van der Waals surface area contributed by atoms with Gasteiger partial charge in [-0.25, -0.2) is 8.42 Å². The molecule has 2 amide bonds. The lowest BCUT2D eigenvalue weighted by Gasteiger charge is -2.32. The number of aromatic nitrogens is 1. The third kappa shape index (κ3) is 8.45. The number of fused-ring (bicyclic) bond motifs is 3. The molecule has 54 heavy (non-hydrogen) atoms. The summed E-state index contributed by atoms with van der Waals surface area (Å²) in [7, 11) is -2.44. The van der Waals surface area contributed by atoms with Gasteiger partial charge in [0.15, 0.2) is 5.78 Å². The van der Waals surface area contributed by atoms with E-state index in [9.17, 15) is 27.6 Å². The molecule has 2 aliphatic heterocycles. The van der Waals surface area contributed by atoms with Gasteiger partial charge in [0.25, 0.3) is 0 Å². The Bertz CT molecular complexity index is 1930. The Balaban J connectivity index is 1.36. The first kappa shape index (κ1) is 39.7. The minimum Gasteiger partial charge on any atom is -0.481 e. The molecule has 0 radical (unpaired) electrons. The van der Waals surface area contributed by atoms with Gasteiger partial charge in [0.2, 0.25) is 33.6 Å². The van der Waals surface area contributed by atoms with Crippen LogP contribution >= 0.6 is 0 Å². The maximum absolute atomic E-state index is 14.9. The Morgan fingerprint density at radius 3 is 2.50 bits per heavy atom. The summed E-state index contributed by atoms with van der Waals surface area (Å²) in [4.78, 5) is 62.9. The van der Waals surface area contributed by atoms with Crippen molar-refractivity contribution in [3.05, 3.63) is 42.5 Å². The number of carbonyl (C=O) groups is 4. The molecule has 3 fully saturated rings. The first-order valence-corrected chi connectivity index (χ1v) is 20.7. The fourth-order valence-electron chi connectivity index (χ4n) is 8.14. The zero-order valence-electron chi connectivity index (χ0n) is 32.6. The SMILES string of the molecule is COc1cc2ccccc2c(O[C@@H]2C[C@H]3C(=O)C[C@]4(C(=O)NS(=O)(=O)C5(C)CC5)C[C@H]4/C=C\CC[C@@H](C)C[C@@H](C)[C@H](CC(=O)OC(C)(C)C)C(=O)N3C2)n1. The smallest absolute Gasteiger partial charge is 0.307 e. The Morgan fingerprint density at radius 2 is 1.81 bits per heavy atom. The predicted octanol–water partition coefficient (Wildman–Crippen LogP) is 5.92. The van der Waals surface area contributed by atoms with E-state index in [0.29, 0.717) is 37.4 Å². The van der Waals surface area contributed by atoms with Gasteiger partial charge >= 0.3 is 5.97 Å². The third-order valence-corrected chi connectivity index (χ3v) is 13.9. The van der Waals surface area contributed by atoms with Gasteiger partial charge < -0.3 is 19.1 Å². The second kappa shape index (κ2) is 14.9. The lowest BCUT2D eigenvalue weighted by molar-refractivity contribution is -0.160. The summed E-state index contributed by atoms with van der Waals surface area (Å²) in [6.07, 6.45) is 6.48. The average molecular weight is 766 g/mol. The van der Waals surface area contributed by atoms with Crippen LogP contribution in [0.1, 0.15) is 99.3 Å². The fourth-order valence-corrected chi connectivity index (χ4v) is 9.48. The van der Waals surface area contributed by atoms with Gasteiger partial charge in [-0.2, -0.15) is 4.98 Å². The normalized spacial score (nSPS) is 30.6. The number of Topliss-reactive ketones (excluding diaryl/α,β-unsaturated/α-hetero) is 1. The van der Waals surface area contributed by atoms with Crippen LogP contribution in [0.3, 0.4) is 0 Å². The number of methoxy groups -OCH3 is 1. The van der Waals surface area contributed by atoms with Crippen molar-refractivity contribution in [1.82, 2.24) is 14.6 Å². The lowest BCUT2D eigenvalue weighted by Crippen LogP contribution is -2.48. The van der Waals surface area contributed by atoms with E-state index < -0.39 is 55.7 Å². The van der Waals surface area contributed by atoms with Crippen molar-refractivity contribution >= 4 is 44.4 Å². The number of carbonyl (C=O) groups excluding carboxylic acids is 4. The molecule has 1 aromatic carbocycles. The van der Waals surface area contributed by atoms with Crippen molar-refractivity contribution in [3.63, 3.8) is 0 Å². The molecular formula is C41H55N3O9S. The maximum Gasteiger partial charge on any atom is 0.307 e. The van der Waals surface area contributed by atoms with Crippen LogP contribution in [0.15, 0.2) is 42.5 Å². The van der Waals surface area contributed by atoms with E-state index in [2.05, 4.69) is 16.6 Å². The standard InChI is InChI=1S/C41H55N3O9S/c1-25-12-8-10-14-28-22-41(28,38(48)43-54(49,50)40(6)16-17-40)23-33(45)32-20-29(52-36-30-15-11-9-13-27(30)19-34(42-36)51-7)24-44(32)37(47)31(26(2)18-25)21-35(46)53-39(3,4)5/h9-11,13-15,19,25-26,28-29,31-32H,8,12,16-18,20-24H2,1-7H3,(H,43,48)/b14-10-/t25-,26-,28-,29-,31+,32+,41-/m1/s1. The minimum absolute atomic E-state index is 0.0464. The molecule has 2 aliphatic carbocycles. The van der Waals surface area contributed by atoms with E-state index >= 15 is 0 Å². The van der Waals surface area contributed by atoms with E-state index in [-0.39, 0.29) is 55.3 Å². The first-order chi connectivity index (χ1) is 25.3. The van der Waals surface area contributed by atoms with Crippen LogP contribution in [0, 0.1) is 29.1 Å². The summed E-state index contributed by atoms with van der Waals surface area (Å²) < 4.78 is 45.4. The number of ether oxygens (including phenoxy) is 3. The second-order valence-corrected chi connectivity index (χ2v) is 19.6. The molecule has 13 heteroatoms. The summed E-state index contributed by atoms with van der Waals surface area (Å²) >= 11 is 0. The molecule has 1 aromatic heterocycles. The van der Waals surface area contributed by atoms with Crippen LogP contribution in [0.2, 0.25) is 0 Å².